The molecule has 0 N–H and O–H groups in total. The van der Waals surface area contributed by atoms with E-state index in [2.05, 4.69) is 20.9 Å². The average molecular weight is 370 g/mol. The molecule has 0 atom stereocenters. The van der Waals surface area contributed by atoms with Crippen LogP contribution in [0.2, 0.25) is 0 Å². The number of benzene rings is 1. The van der Waals surface area contributed by atoms with Crippen molar-refractivity contribution in [2.24, 2.45) is 7.05 Å². The maximum atomic E-state index is 13.8. The van der Waals surface area contributed by atoms with Crippen LogP contribution < -0.4 is 0 Å². The molecule has 3 aromatic rings. The highest BCUT2D eigenvalue weighted by Crippen LogP contribution is 2.26. The Morgan fingerprint density at radius 2 is 2.00 bits per heavy atom. The summed E-state index contributed by atoms with van der Waals surface area (Å²) in [4.78, 5) is 4.12. The highest BCUT2D eigenvalue weighted by Gasteiger charge is 2.14. The van der Waals surface area contributed by atoms with Crippen molar-refractivity contribution >= 4 is 15.9 Å². The quantitative estimate of drug-likeness (QED) is 0.636. The van der Waals surface area contributed by atoms with Crippen LogP contribution in [0.15, 0.2) is 41.5 Å². The highest BCUT2D eigenvalue weighted by molar-refractivity contribution is 9.10. The molecule has 22 heavy (non-hydrogen) atoms. The largest absolute Gasteiger partial charge is 0.348 e. The lowest BCUT2D eigenvalue weighted by Crippen LogP contribution is -2.02. The van der Waals surface area contributed by atoms with Gasteiger partial charge in [0.1, 0.15) is 10.4 Å². The third-order valence-electron chi connectivity index (χ3n) is 3.39. The number of halogens is 4. The summed E-state index contributed by atoms with van der Waals surface area (Å²) in [6.07, 6.45) is 5.03. The molecule has 1 aromatic carbocycles. The molecule has 2 heterocycles. The average Bonchev–Trinajstić information content (AvgIpc) is 3.05. The number of nitrogens with zero attached hydrogens (tertiary/aromatic N) is 3. The van der Waals surface area contributed by atoms with Crippen LogP contribution in [0.25, 0.3) is 11.1 Å². The van der Waals surface area contributed by atoms with Crippen LogP contribution in [0.3, 0.4) is 0 Å². The van der Waals surface area contributed by atoms with Gasteiger partial charge in [0.2, 0.25) is 0 Å². The van der Waals surface area contributed by atoms with E-state index in [1.54, 1.807) is 29.4 Å². The minimum Gasteiger partial charge on any atom is -0.348 e. The van der Waals surface area contributed by atoms with Gasteiger partial charge in [0.25, 0.3) is 0 Å². The second kappa shape index (κ2) is 5.64. The molecule has 3 rings (SSSR count). The molecule has 0 fully saturated rings. The molecule has 7 heteroatoms. The van der Waals surface area contributed by atoms with Crippen molar-refractivity contribution in [2.45, 2.75) is 6.54 Å². The van der Waals surface area contributed by atoms with E-state index < -0.39 is 17.5 Å². The number of aromatic nitrogens is 3. The monoisotopic (exact) mass is 369 g/mol. The Morgan fingerprint density at radius 1 is 1.23 bits per heavy atom. The minimum absolute atomic E-state index is 0.0969. The first kappa shape index (κ1) is 14.9. The van der Waals surface area contributed by atoms with Gasteiger partial charge in [-0.2, -0.15) is 0 Å². The van der Waals surface area contributed by atoms with Crippen LogP contribution in [0.4, 0.5) is 13.2 Å². The topological polar surface area (TPSA) is 22.8 Å². The van der Waals surface area contributed by atoms with Gasteiger partial charge < -0.3 is 9.13 Å². The second-order valence-corrected chi connectivity index (χ2v) is 5.67. The molecule has 3 nitrogen and oxygen atoms in total. The van der Waals surface area contributed by atoms with E-state index in [1.807, 2.05) is 11.6 Å². The fourth-order valence-corrected chi connectivity index (χ4v) is 2.74. The smallest absolute Gasteiger partial charge is 0.166 e. The van der Waals surface area contributed by atoms with Crippen LogP contribution in [-0.4, -0.2) is 14.1 Å². The molecule has 0 spiro atoms. The minimum atomic E-state index is -1.20. The van der Waals surface area contributed by atoms with E-state index in [1.165, 1.54) is 0 Å². The zero-order valence-electron chi connectivity index (χ0n) is 11.5. The first-order chi connectivity index (χ1) is 10.5. The summed E-state index contributed by atoms with van der Waals surface area (Å²) in [5, 5.41) is 0. The van der Waals surface area contributed by atoms with Crippen LogP contribution in [0.5, 0.6) is 0 Å². The van der Waals surface area contributed by atoms with Gasteiger partial charge in [-0.25, -0.2) is 18.2 Å². The molecule has 0 radical (unpaired) electrons. The fourth-order valence-electron chi connectivity index (χ4n) is 2.24. The zero-order chi connectivity index (χ0) is 15.9. The van der Waals surface area contributed by atoms with E-state index in [4.69, 9.17) is 0 Å². The second-order valence-electron chi connectivity index (χ2n) is 4.91. The summed E-state index contributed by atoms with van der Waals surface area (Å²) in [7, 11) is 1.86. The van der Waals surface area contributed by atoms with Crippen LogP contribution >= 0.6 is 15.9 Å². The molecule has 0 saturated carbocycles. The Balaban J connectivity index is 1.95. The van der Waals surface area contributed by atoms with Crippen molar-refractivity contribution in [2.75, 3.05) is 0 Å². The van der Waals surface area contributed by atoms with Crippen LogP contribution in [0, 0.1) is 17.5 Å². The summed E-state index contributed by atoms with van der Waals surface area (Å²) in [6, 6.07) is 3.13. The molecular weight excluding hydrogens is 359 g/mol. The first-order valence-corrected chi connectivity index (χ1v) is 7.21. The summed E-state index contributed by atoms with van der Waals surface area (Å²) >= 11 is 3.35. The molecule has 0 amide bonds. The van der Waals surface area contributed by atoms with Gasteiger partial charge in [0, 0.05) is 36.6 Å². The van der Waals surface area contributed by atoms with Gasteiger partial charge in [-0.3, -0.25) is 0 Å². The molecule has 114 valence electrons. The summed E-state index contributed by atoms with van der Waals surface area (Å²) in [5.41, 5.74) is 1.24. The third-order valence-corrected chi connectivity index (χ3v) is 4.06. The van der Waals surface area contributed by atoms with Crippen molar-refractivity contribution in [3.05, 3.63) is 64.7 Å². The lowest BCUT2D eigenvalue weighted by molar-refractivity contribution is 0.497. The van der Waals surface area contributed by atoms with E-state index in [0.29, 0.717) is 22.8 Å². The summed E-state index contributed by atoms with van der Waals surface area (Å²) < 4.78 is 44.8. The molecule has 0 aliphatic rings. The standard InChI is InChI=1S/C15H11BrF3N3/c1-21-8-20-15(16)13(21)7-22-3-2-9(6-22)11-4-10(17)5-12(18)14(11)19/h2-6,8H,7H2,1H3. The maximum Gasteiger partial charge on any atom is 0.166 e. The molecule has 0 aliphatic heterocycles. The lowest BCUT2D eigenvalue weighted by Gasteiger charge is -2.05. The van der Waals surface area contributed by atoms with Gasteiger partial charge in [-0.1, -0.05) is 0 Å². The number of rotatable bonds is 3. The SMILES string of the molecule is Cn1cnc(Br)c1Cn1ccc(-c2cc(F)cc(F)c2F)c1. The maximum absolute atomic E-state index is 13.8. The number of hydrogen-bond donors (Lipinski definition) is 0. The van der Waals surface area contributed by atoms with Crippen molar-refractivity contribution in [1.82, 2.24) is 14.1 Å². The third kappa shape index (κ3) is 2.68. The molecule has 0 aliphatic carbocycles. The van der Waals surface area contributed by atoms with Gasteiger partial charge in [0.05, 0.1) is 18.6 Å². The van der Waals surface area contributed by atoms with E-state index in [0.717, 1.165) is 11.8 Å². The van der Waals surface area contributed by atoms with Crippen molar-refractivity contribution in [1.29, 1.82) is 0 Å². The number of aryl methyl sites for hydroxylation is 1. The Kier molecular flexibility index (Phi) is 3.82. The summed E-state index contributed by atoms with van der Waals surface area (Å²) in [5.74, 6) is -3.06. The van der Waals surface area contributed by atoms with Crippen molar-refractivity contribution in [3.8, 4) is 11.1 Å². The van der Waals surface area contributed by atoms with Crippen molar-refractivity contribution in [3.63, 3.8) is 0 Å². The number of hydrogen-bond acceptors (Lipinski definition) is 1. The Hall–Kier alpha value is -2.02. The number of imidazole rings is 1. The molecule has 0 bridgehead atoms. The van der Waals surface area contributed by atoms with Crippen LogP contribution in [0.1, 0.15) is 5.69 Å². The Bertz CT molecular complexity index is 819. The predicted octanol–water partition coefficient (Wildman–Crippen LogP) is 4.12. The van der Waals surface area contributed by atoms with Gasteiger partial charge in [0.15, 0.2) is 11.6 Å². The predicted molar refractivity (Wildman–Crippen MR) is 79.8 cm³/mol. The highest BCUT2D eigenvalue weighted by atomic mass is 79.9. The van der Waals surface area contributed by atoms with E-state index in [9.17, 15) is 13.2 Å². The fraction of sp³-hybridized carbons (Fsp3) is 0.133. The lowest BCUT2D eigenvalue weighted by atomic mass is 10.1. The molecule has 0 unspecified atom stereocenters. The summed E-state index contributed by atoms with van der Waals surface area (Å²) in [6.45, 7) is 0.497. The molecule has 0 saturated heterocycles. The van der Waals surface area contributed by atoms with Crippen LogP contribution in [-0.2, 0) is 13.6 Å². The van der Waals surface area contributed by atoms with Gasteiger partial charge in [-0.15, -0.1) is 0 Å². The zero-order valence-corrected chi connectivity index (χ0v) is 13.1. The Morgan fingerprint density at radius 3 is 2.68 bits per heavy atom. The molecular formula is C15H11BrF3N3. The Labute approximate surface area is 133 Å². The molecule has 2 aromatic heterocycles. The van der Waals surface area contributed by atoms with Crippen molar-refractivity contribution < 1.29 is 13.2 Å². The van der Waals surface area contributed by atoms with Gasteiger partial charge >= 0.3 is 0 Å². The normalized spacial score (nSPS) is 11.1. The van der Waals surface area contributed by atoms with E-state index >= 15 is 0 Å². The van der Waals surface area contributed by atoms with Gasteiger partial charge in [-0.05, 0) is 28.1 Å². The first-order valence-electron chi connectivity index (χ1n) is 6.42. The van der Waals surface area contributed by atoms with E-state index in [-0.39, 0.29) is 5.56 Å².